The van der Waals surface area contributed by atoms with E-state index < -0.39 is 6.04 Å². The van der Waals surface area contributed by atoms with Crippen molar-refractivity contribution in [3.63, 3.8) is 0 Å². The molecule has 0 heterocycles. The highest BCUT2D eigenvalue weighted by atomic mass is 16.5. The van der Waals surface area contributed by atoms with Gasteiger partial charge in [0.05, 0.1) is 19.6 Å². The van der Waals surface area contributed by atoms with E-state index in [9.17, 15) is 4.79 Å². The maximum Gasteiger partial charge on any atom is 0.225 e. The predicted molar refractivity (Wildman–Crippen MR) is 76.9 cm³/mol. The van der Waals surface area contributed by atoms with E-state index in [1.54, 1.807) is 13.2 Å². The lowest BCUT2D eigenvalue weighted by Gasteiger charge is -2.17. The van der Waals surface area contributed by atoms with Crippen molar-refractivity contribution in [2.24, 2.45) is 10.9 Å². The molecule has 6 heteroatoms. The summed E-state index contributed by atoms with van der Waals surface area (Å²) in [5.41, 5.74) is 6.36. The number of carbonyl (C=O) groups excluding carboxylic acids is 1. The molecule has 4 N–H and O–H groups in total. The molecule has 20 heavy (non-hydrogen) atoms. The van der Waals surface area contributed by atoms with Gasteiger partial charge in [0.2, 0.25) is 5.91 Å². The lowest BCUT2D eigenvalue weighted by Crippen LogP contribution is -2.45. The van der Waals surface area contributed by atoms with Crippen molar-refractivity contribution >= 4 is 11.7 Å². The van der Waals surface area contributed by atoms with Crippen LogP contribution in [-0.4, -0.2) is 30.1 Å². The predicted octanol–water partition coefficient (Wildman–Crippen LogP) is 1.27. The van der Waals surface area contributed by atoms with Gasteiger partial charge in [-0.2, -0.15) is 0 Å². The molecule has 1 unspecified atom stereocenters. The van der Waals surface area contributed by atoms with Gasteiger partial charge in [-0.25, -0.2) is 0 Å². The Hall–Kier alpha value is -2.24. The van der Waals surface area contributed by atoms with Crippen molar-refractivity contribution in [3.05, 3.63) is 29.8 Å². The normalized spacial score (nSPS) is 12.8. The summed E-state index contributed by atoms with van der Waals surface area (Å²) >= 11 is 0. The molecule has 1 atom stereocenters. The summed E-state index contributed by atoms with van der Waals surface area (Å²) in [6.07, 6.45) is 1.62. The third kappa shape index (κ3) is 4.46. The van der Waals surface area contributed by atoms with Gasteiger partial charge in [-0.05, 0) is 12.5 Å². The first kappa shape index (κ1) is 15.8. The summed E-state index contributed by atoms with van der Waals surface area (Å²) in [6, 6.07) is 6.87. The number of para-hydroxylation sites is 1. The van der Waals surface area contributed by atoms with Gasteiger partial charge in [0.1, 0.15) is 5.75 Å². The lowest BCUT2D eigenvalue weighted by atomic mass is 10.1. The van der Waals surface area contributed by atoms with E-state index in [1.807, 2.05) is 25.1 Å². The number of nitrogens with one attached hydrogen (secondary N) is 1. The summed E-state index contributed by atoms with van der Waals surface area (Å²) in [6.45, 7) is 1.96. The Kier molecular flexibility index (Phi) is 6.36. The summed E-state index contributed by atoms with van der Waals surface area (Å²) in [5.74, 6) is 0.485. The van der Waals surface area contributed by atoms with Gasteiger partial charge in [0, 0.05) is 5.56 Å². The number of nitrogens with zero attached hydrogens (tertiary/aromatic N) is 1. The average Bonchev–Trinajstić information content (AvgIpc) is 2.46. The van der Waals surface area contributed by atoms with E-state index in [2.05, 4.69) is 10.5 Å². The largest absolute Gasteiger partial charge is 0.496 e. The molecule has 0 aliphatic heterocycles. The SMILES string of the molecule is CCCC(NC(=O)Cc1ccccc1OC)/C(N)=N/O. The highest BCUT2D eigenvalue weighted by Crippen LogP contribution is 2.17. The van der Waals surface area contributed by atoms with Crippen molar-refractivity contribution in [3.8, 4) is 5.75 Å². The molecule has 1 aromatic carbocycles. The number of hydrogen-bond acceptors (Lipinski definition) is 4. The topological polar surface area (TPSA) is 96.9 Å². The van der Waals surface area contributed by atoms with Crippen molar-refractivity contribution in [1.29, 1.82) is 0 Å². The highest BCUT2D eigenvalue weighted by molar-refractivity contribution is 5.90. The first-order valence-electron chi connectivity index (χ1n) is 6.51. The molecular weight excluding hydrogens is 258 g/mol. The molecule has 6 nitrogen and oxygen atoms in total. The molecule has 0 aromatic heterocycles. The van der Waals surface area contributed by atoms with E-state index in [1.165, 1.54) is 0 Å². The molecule has 110 valence electrons. The lowest BCUT2D eigenvalue weighted by molar-refractivity contribution is -0.120. The van der Waals surface area contributed by atoms with Crippen molar-refractivity contribution in [2.45, 2.75) is 32.2 Å². The minimum atomic E-state index is -0.452. The zero-order valence-corrected chi connectivity index (χ0v) is 11.8. The first-order chi connectivity index (χ1) is 9.62. The zero-order chi connectivity index (χ0) is 15.0. The molecule has 0 saturated carbocycles. The number of amidine groups is 1. The fraction of sp³-hybridized carbons (Fsp3) is 0.429. The maximum absolute atomic E-state index is 12.0. The summed E-state index contributed by atoms with van der Waals surface area (Å²) in [7, 11) is 1.56. The summed E-state index contributed by atoms with van der Waals surface area (Å²) < 4.78 is 5.20. The van der Waals surface area contributed by atoms with Crippen LogP contribution in [0.1, 0.15) is 25.3 Å². The Balaban J connectivity index is 2.70. The summed E-state index contributed by atoms with van der Waals surface area (Å²) in [4.78, 5) is 12.0. The quantitative estimate of drug-likeness (QED) is 0.303. The Bertz CT molecular complexity index is 474. The van der Waals surface area contributed by atoms with Crippen molar-refractivity contribution in [1.82, 2.24) is 5.32 Å². The van der Waals surface area contributed by atoms with E-state index >= 15 is 0 Å². The Morgan fingerprint density at radius 2 is 2.20 bits per heavy atom. The Morgan fingerprint density at radius 3 is 2.80 bits per heavy atom. The number of rotatable bonds is 7. The molecule has 0 saturated heterocycles. The van der Waals surface area contributed by atoms with Gasteiger partial charge in [0.25, 0.3) is 0 Å². The minimum Gasteiger partial charge on any atom is -0.496 e. The number of amides is 1. The van der Waals surface area contributed by atoms with Crippen LogP contribution in [0.15, 0.2) is 29.4 Å². The fourth-order valence-corrected chi connectivity index (χ4v) is 1.92. The van der Waals surface area contributed by atoms with Gasteiger partial charge in [0.15, 0.2) is 5.84 Å². The van der Waals surface area contributed by atoms with Gasteiger partial charge < -0.3 is 21.0 Å². The van der Waals surface area contributed by atoms with E-state index in [4.69, 9.17) is 15.7 Å². The number of benzene rings is 1. The second-order valence-corrected chi connectivity index (χ2v) is 4.42. The van der Waals surface area contributed by atoms with Crippen LogP contribution in [0.25, 0.3) is 0 Å². The van der Waals surface area contributed by atoms with E-state index in [0.29, 0.717) is 12.2 Å². The molecule has 0 bridgehead atoms. The second-order valence-electron chi connectivity index (χ2n) is 4.42. The van der Waals surface area contributed by atoms with Crippen LogP contribution in [0.3, 0.4) is 0 Å². The van der Waals surface area contributed by atoms with Gasteiger partial charge in [-0.3, -0.25) is 4.79 Å². The van der Waals surface area contributed by atoms with Crippen LogP contribution in [-0.2, 0) is 11.2 Å². The molecule has 1 rings (SSSR count). The Morgan fingerprint density at radius 1 is 1.50 bits per heavy atom. The monoisotopic (exact) mass is 279 g/mol. The third-order valence-electron chi connectivity index (χ3n) is 2.93. The number of ether oxygens (including phenoxy) is 1. The van der Waals surface area contributed by atoms with Crippen LogP contribution in [0.2, 0.25) is 0 Å². The first-order valence-corrected chi connectivity index (χ1v) is 6.51. The summed E-state index contributed by atoms with van der Waals surface area (Å²) in [5, 5.41) is 14.4. The van der Waals surface area contributed by atoms with Crippen molar-refractivity contribution in [2.75, 3.05) is 7.11 Å². The van der Waals surface area contributed by atoms with Gasteiger partial charge >= 0.3 is 0 Å². The Labute approximate surface area is 118 Å². The maximum atomic E-state index is 12.0. The van der Waals surface area contributed by atoms with Crippen LogP contribution >= 0.6 is 0 Å². The second kappa shape index (κ2) is 8.04. The fourth-order valence-electron chi connectivity index (χ4n) is 1.92. The van der Waals surface area contributed by atoms with Crippen LogP contribution in [0.4, 0.5) is 0 Å². The number of nitrogens with two attached hydrogens (primary N) is 1. The van der Waals surface area contributed by atoms with E-state index in [-0.39, 0.29) is 18.2 Å². The molecule has 0 fully saturated rings. The molecule has 0 radical (unpaired) electrons. The number of carbonyl (C=O) groups is 1. The molecule has 1 amide bonds. The number of hydrogen-bond donors (Lipinski definition) is 3. The van der Waals surface area contributed by atoms with Crippen molar-refractivity contribution < 1.29 is 14.7 Å². The standard InChI is InChI=1S/C14H21N3O3/c1-3-6-11(14(15)17-19)16-13(18)9-10-7-4-5-8-12(10)20-2/h4-5,7-8,11,19H,3,6,9H2,1-2H3,(H2,15,17)(H,16,18). The molecular formula is C14H21N3O3. The van der Waals surface area contributed by atoms with Crippen LogP contribution in [0.5, 0.6) is 5.75 Å². The van der Waals surface area contributed by atoms with Crippen LogP contribution < -0.4 is 15.8 Å². The van der Waals surface area contributed by atoms with Crippen LogP contribution in [0, 0.1) is 0 Å². The zero-order valence-electron chi connectivity index (χ0n) is 11.8. The average molecular weight is 279 g/mol. The van der Waals surface area contributed by atoms with Gasteiger partial charge in [-0.1, -0.05) is 36.7 Å². The van der Waals surface area contributed by atoms with E-state index in [0.717, 1.165) is 12.0 Å². The molecule has 1 aromatic rings. The molecule has 0 aliphatic rings. The number of oxime groups is 1. The molecule has 0 spiro atoms. The minimum absolute atomic E-state index is 0.0141. The van der Waals surface area contributed by atoms with Gasteiger partial charge in [-0.15, -0.1) is 0 Å². The number of methoxy groups -OCH3 is 1. The smallest absolute Gasteiger partial charge is 0.225 e. The third-order valence-corrected chi connectivity index (χ3v) is 2.93. The highest BCUT2D eigenvalue weighted by Gasteiger charge is 2.17. The molecule has 0 aliphatic carbocycles.